The molecule has 0 unspecified atom stereocenters. The highest BCUT2D eigenvalue weighted by Gasteiger charge is 2.24. The van der Waals surface area contributed by atoms with Crippen molar-refractivity contribution in [2.75, 3.05) is 13.1 Å². The fourth-order valence-electron chi connectivity index (χ4n) is 7.27. The molecule has 48 heavy (non-hydrogen) atoms. The average Bonchev–Trinajstić information content (AvgIpc) is 3.58. The van der Waals surface area contributed by atoms with Crippen LogP contribution < -0.4 is 0 Å². The molecular formula is C44H46N4. The van der Waals surface area contributed by atoms with E-state index in [1.165, 1.54) is 73.0 Å². The highest BCUT2D eigenvalue weighted by Crippen LogP contribution is 2.33. The minimum absolute atomic E-state index is 0.777. The van der Waals surface area contributed by atoms with Crippen LogP contribution in [0.4, 0.5) is 0 Å². The zero-order valence-electron chi connectivity index (χ0n) is 28.8. The Morgan fingerprint density at radius 1 is 0.688 bits per heavy atom. The molecule has 3 aromatic carbocycles. The van der Waals surface area contributed by atoms with Gasteiger partial charge in [-0.25, -0.2) is 0 Å². The van der Waals surface area contributed by atoms with Crippen molar-refractivity contribution >= 4 is 24.6 Å². The van der Waals surface area contributed by atoms with Gasteiger partial charge in [-0.3, -0.25) is 9.98 Å². The van der Waals surface area contributed by atoms with Crippen molar-refractivity contribution in [3.63, 3.8) is 0 Å². The number of fused-ring (bicyclic) bond motifs is 3. The van der Waals surface area contributed by atoms with Crippen LogP contribution in [0.1, 0.15) is 94.0 Å². The molecule has 0 N–H and O–H groups in total. The Balaban J connectivity index is 1.05. The van der Waals surface area contributed by atoms with E-state index in [1.807, 2.05) is 6.21 Å². The fourth-order valence-corrected chi connectivity index (χ4v) is 7.27. The van der Waals surface area contributed by atoms with Crippen molar-refractivity contribution in [2.45, 2.75) is 66.2 Å². The van der Waals surface area contributed by atoms with E-state index >= 15 is 0 Å². The number of nitrogens with zero attached hydrogens (tertiary/aromatic N) is 4. The SMILES string of the molecule is CC/C=C\c1c(C)c(C)c(C=NCC)n1-c1ccc(Cc2ccc(Cc3ccc(-n4c5c(c6c4C=NCC6)CCC=C5)cc3)cc2)cc1. The monoisotopic (exact) mass is 630 g/mol. The Hall–Kier alpha value is -4.96. The molecule has 5 aromatic rings. The molecule has 4 nitrogen and oxygen atoms in total. The summed E-state index contributed by atoms with van der Waals surface area (Å²) in [6, 6.07) is 27.3. The molecule has 0 saturated carbocycles. The lowest BCUT2D eigenvalue weighted by molar-refractivity contribution is 0.907. The van der Waals surface area contributed by atoms with E-state index in [0.717, 1.165) is 57.3 Å². The second kappa shape index (κ2) is 14.0. The molecule has 0 atom stereocenters. The van der Waals surface area contributed by atoms with E-state index in [2.05, 4.69) is 150 Å². The normalized spacial score (nSPS) is 13.9. The van der Waals surface area contributed by atoms with Crippen molar-refractivity contribution < 1.29 is 0 Å². The molecule has 0 spiro atoms. The van der Waals surface area contributed by atoms with Gasteiger partial charge >= 0.3 is 0 Å². The molecule has 0 saturated heterocycles. The first-order chi connectivity index (χ1) is 23.6. The molecule has 0 amide bonds. The summed E-state index contributed by atoms with van der Waals surface area (Å²) in [5.74, 6) is 0. The quantitative estimate of drug-likeness (QED) is 0.138. The van der Waals surface area contributed by atoms with Gasteiger partial charge in [0.1, 0.15) is 0 Å². The van der Waals surface area contributed by atoms with Gasteiger partial charge in [0.2, 0.25) is 0 Å². The zero-order valence-corrected chi connectivity index (χ0v) is 28.8. The molecule has 2 aliphatic rings. The van der Waals surface area contributed by atoms with Gasteiger partial charge in [0.15, 0.2) is 0 Å². The third-order valence-electron chi connectivity index (χ3n) is 9.95. The second-order valence-electron chi connectivity index (χ2n) is 13.1. The van der Waals surface area contributed by atoms with Crippen LogP contribution in [0.5, 0.6) is 0 Å². The van der Waals surface area contributed by atoms with Crippen LogP contribution in [-0.4, -0.2) is 34.7 Å². The molecule has 0 fully saturated rings. The number of allylic oxidation sites excluding steroid dienone is 2. The van der Waals surface area contributed by atoms with E-state index < -0.39 is 0 Å². The van der Waals surface area contributed by atoms with Gasteiger partial charge in [-0.1, -0.05) is 67.6 Å². The third-order valence-corrected chi connectivity index (χ3v) is 9.95. The van der Waals surface area contributed by atoms with Crippen molar-refractivity contribution in [2.24, 2.45) is 9.98 Å². The number of aromatic nitrogens is 2. The number of hydrogen-bond acceptors (Lipinski definition) is 2. The van der Waals surface area contributed by atoms with Crippen LogP contribution in [0.25, 0.3) is 23.5 Å². The first kappa shape index (κ1) is 31.6. The summed E-state index contributed by atoms with van der Waals surface area (Å²) in [6.07, 6.45) is 19.4. The predicted molar refractivity (Wildman–Crippen MR) is 204 cm³/mol. The summed E-state index contributed by atoms with van der Waals surface area (Å²) in [6.45, 7) is 10.4. The van der Waals surface area contributed by atoms with Gasteiger partial charge < -0.3 is 9.13 Å². The molecule has 2 aromatic heterocycles. The third kappa shape index (κ3) is 6.20. The second-order valence-corrected chi connectivity index (χ2v) is 13.1. The Kier molecular flexibility index (Phi) is 9.25. The minimum Gasteiger partial charge on any atom is -0.308 e. The molecule has 0 radical (unpaired) electrons. The standard InChI is InChI=1S/C44H46N4/c1-5-7-11-41-31(3)32(4)43(29-45-6-2)47(41)37-21-17-35(18-22-37)27-33-13-15-34(16-14-33)28-36-19-23-38(24-20-36)48-42-12-9-8-10-39(42)40-25-26-46-30-44(40)48/h7,9,11-24,29-30H,5-6,8,10,25-28H2,1-4H3/b11-7-,45-29?. The predicted octanol–water partition coefficient (Wildman–Crippen LogP) is 9.86. The van der Waals surface area contributed by atoms with Crippen LogP contribution in [0, 0.1) is 13.8 Å². The lowest BCUT2D eigenvalue weighted by atomic mass is 9.97. The van der Waals surface area contributed by atoms with E-state index in [1.54, 1.807) is 0 Å². The lowest BCUT2D eigenvalue weighted by Gasteiger charge is -2.14. The van der Waals surface area contributed by atoms with Gasteiger partial charge in [-0.05, 0) is 140 Å². The molecule has 242 valence electrons. The van der Waals surface area contributed by atoms with Crippen LogP contribution in [0.15, 0.2) is 94.9 Å². The zero-order chi connectivity index (χ0) is 33.0. The lowest BCUT2D eigenvalue weighted by Crippen LogP contribution is -2.07. The molecule has 0 bridgehead atoms. The highest BCUT2D eigenvalue weighted by molar-refractivity contribution is 5.86. The summed E-state index contributed by atoms with van der Waals surface area (Å²) in [4.78, 5) is 9.22. The van der Waals surface area contributed by atoms with Gasteiger partial charge in [0.25, 0.3) is 0 Å². The van der Waals surface area contributed by atoms with Gasteiger partial charge in [-0.2, -0.15) is 0 Å². The smallest absolute Gasteiger partial charge is 0.0676 e. The maximum absolute atomic E-state index is 4.62. The Morgan fingerprint density at radius 2 is 1.25 bits per heavy atom. The number of rotatable bonds is 10. The molecule has 3 heterocycles. The first-order valence-electron chi connectivity index (χ1n) is 17.6. The largest absolute Gasteiger partial charge is 0.308 e. The molecule has 4 heteroatoms. The first-order valence-corrected chi connectivity index (χ1v) is 17.6. The maximum Gasteiger partial charge on any atom is 0.0676 e. The Bertz CT molecular complexity index is 1950. The fraction of sp³-hybridized carbons (Fsp3) is 0.273. The number of aliphatic imine (C=N–C) groups is 2. The van der Waals surface area contributed by atoms with Crippen molar-refractivity contribution in [1.29, 1.82) is 0 Å². The molecular weight excluding hydrogens is 585 g/mol. The van der Waals surface area contributed by atoms with Crippen molar-refractivity contribution in [3.05, 3.63) is 152 Å². The molecule has 1 aliphatic carbocycles. The summed E-state index contributed by atoms with van der Waals surface area (Å²) >= 11 is 0. The molecule has 7 rings (SSSR count). The highest BCUT2D eigenvalue weighted by atomic mass is 15.0. The van der Waals surface area contributed by atoms with Gasteiger partial charge in [-0.15, -0.1) is 0 Å². The Labute approximate surface area is 285 Å². The molecule has 1 aliphatic heterocycles. The summed E-state index contributed by atoms with van der Waals surface area (Å²) in [5.41, 5.74) is 18.3. The Morgan fingerprint density at radius 3 is 1.85 bits per heavy atom. The minimum atomic E-state index is 0.777. The van der Waals surface area contributed by atoms with E-state index in [4.69, 9.17) is 0 Å². The van der Waals surface area contributed by atoms with Crippen LogP contribution >= 0.6 is 0 Å². The van der Waals surface area contributed by atoms with Gasteiger partial charge in [0, 0.05) is 48.3 Å². The van der Waals surface area contributed by atoms with Crippen LogP contribution in [0.2, 0.25) is 0 Å². The topological polar surface area (TPSA) is 34.6 Å². The van der Waals surface area contributed by atoms with Crippen molar-refractivity contribution in [3.8, 4) is 11.4 Å². The van der Waals surface area contributed by atoms with Crippen LogP contribution in [0.3, 0.4) is 0 Å². The number of benzene rings is 3. The van der Waals surface area contributed by atoms with Crippen LogP contribution in [-0.2, 0) is 25.7 Å². The summed E-state index contributed by atoms with van der Waals surface area (Å²) < 4.78 is 4.77. The van der Waals surface area contributed by atoms with E-state index in [0.29, 0.717) is 0 Å². The number of hydrogen-bond donors (Lipinski definition) is 0. The average molecular weight is 631 g/mol. The maximum atomic E-state index is 4.62. The van der Waals surface area contributed by atoms with E-state index in [9.17, 15) is 0 Å². The summed E-state index contributed by atoms with van der Waals surface area (Å²) in [7, 11) is 0. The van der Waals surface area contributed by atoms with Crippen molar-refractivity contribution in [1.82, 2.24) is 9.13 Å². The van der Waals surface area contributed by atoms with Gasteiger partial charge in [0.05, 0.1) is 11.4 Å². The van der Waals surface area contributed by atoms with E-state index in [-0.39, 0.29) is 0 Å². The summed E-state index contributed by atoms with van der Waals surface area (Å²) in [5, 5.41) is 0.